The number of sulfonamides is 1. The minimum absolute atomic E-state index is 0.0631. The number of aliphatic carboxylic acids is 1. The summed E-state index contributed by atoms with van der Waals surface area (Å²) in [6, 6.07) is 1.43. The third-order valence-electron chi connectivity index (χ3n) is 1.67. The number of hydrogen-bond donors (Lipinski definition) is 1. The van der Waals surface area contributed by atoms with Crippen molar-refractivity contribution >= 4 is 59.2 Å². The summed E-state index contributed by atoms with van der Waals surface area (Å²) in [7, 11) is -2.53. The largest absolute Gasteiger partial charge is 0.480 e. The zero-order valence-electron chi connectivity index (χ0n) is 7.98. The summed E-state index contributed by atoms with van der Waals surface area (Å²) < 4.78 is 25.7. The molecule has 0 saturated heterocycles. The number of hydrogen-bond acceptors (Lipinski definition) is 4. The van der Waals surface area contributed by atoms with E-state index in [0.29, 0.717) is 7.57 Å². The second-order valence-electron chi connectivity index (χ2n) is 2.84. The molecular weight excluding hydrogens is 386 g/mol. The normalized spacial score (nSPS) is 12.0. The minimum atomic E-state index is -3.76. The predicted octanol–water partition coefficient (Wildman–Crippen LogP) is 1.98. The zero-order valence-corrected chi connectivity index (χ0v) is 12.8. The van der Waals surface area contributed by atoms with E-state index in [9.17, 15) is 13.2 Å². The van der Waals surface area contributed by atoms with Gasteiger partial charge in [0.1, 0.15) is 11.4 Å². The molecule has 0 aromatic carbocycles. The van der Waals surface area contributed by atoms with E-state index in [1.54, 1.807) is 0 Å². The van der Waals surface area contributed by atoms with Gasteiger partial charge in [0.05, 0.1) is 7.57 Å². The van der Waals surface area contributed by atoms with Crippen LogP contribution in [-0.4, -0.2) is 37.4 Å². The molecule has 0 saturated carbocycles. The van der Waals surface area contributed by atoms with Gasteiger partial charge in [-0.2, -0.15) is 4.31 Å². The van der Waals surface area contributed by atoms with Crippen LogP contribution in [0.1, 0.15) is 0 Å². The molecule has 1 aromatic heterocycles. The molecule has 9 heteroatoms. The number of nitrogens with zero attached hydrogens (tertiary/aromatic N) is 1. The highest BCUT2D eigenvalue weighted by molar-refractivity contribution is 9.12. The van der Waals surface area contributed by atoms with Crippen LogP contribution in [0.25, 0.3) is 0 Å². The SMILES string of the molecule is CN(CC(=O)O)S(=O)(=O)c1cc(Br)sc1Br. The molecule has 0 aliphatic carbocycles. The van der Waals surface area contributed by atoms with Crippen LogP contribution in [0, 0.1) is 0 Å². The molecule has 0 spiro atoms. The van der Waals surface area contributed by atoms with E-state index in [4.69, 9.17) is 5.11 Å². The third kappa shape index (κ3) is 3.04. The van der Waals surface area contributed by atoms with Crippen molar-refractivity contribution < 1.29 is 18.3 Å². The van der Waals surface area contributed by atoms with Crippen LogP contribution < -0.4 is 0 Å². The third-order valence-corrected chi connectivity index (χ3v) is 6.23. The number of rotatable bonds is 4. The Morgan fingerprint density at radius 1 is 1.56 bits per heavy atom. The quantitative estimate of drug-likeness (QED) is 0.849. The molecule has 5 nitrogen and oxygen atoms in total. The van der Waals surface area contributed by atoms with Gasteiger partial charge >= 0.3 is 5.97 Å². The highest BCUT2D eigenvalue weighted by atomic mass is 79.9. The van der Waals surface area contributed by atoms with Gasteiger partial charge in [0, 0.05) is 7.05 Å². The molecule has 1 rings (SSSR count). The van der Waals surface area contributed by atoms with Crippen LogP contribution in [0.2, 0.25) is 0 Å². The van der Waals surface area contributed by atoms with E-state index >= 15 is 0 Å². The first-order chi connectivity index (χ1) is 7.25. The monoisotopic (exact) mass is 391 g/mol. The first-order valence-corrected chi connectivity index (χ1v) is 7.72. The van der Waals surface area contributed by atoms with Crippen molar-refractivity contribution in [1.29, 1.82) is 0 Å². The molecule has 0 radical (unpaired) electrons. The van der Waals surface area contributed by atoms with E-state index in [1.165, 1.54) is 24.5 Å². The second kappa shape index (κ2) is 5.13. The van der Waals surface area contributed by atoms with E-state index in [-0.39, 0.29) is 4.90 Å². The molecule has 1 N–H and O–H groups in total. The average molecular weight is 393 g/mol. The lowest BCUT2D eigenvalue weighted by molar-refractivity contribution is -0.137. The summed E-state index contributed by atoms with van der Waals surface area (Å²) in [5.74, 6) is -1.20. The van der Waals surface area contributed by atoms with Gasteiger partial charge in [-0.15, -0.1) is 11.3 Å². The topological polar surface area (TPSA) is 74.7 Å². The van der Waals surface area contributed by atoms with Gasteiger partial charge in [0.25, 0.3) is 0 Å². The van der Waals surface area contributed by atoms with Crippen LogP contribution in [0.5, 0.6) is 0 Å². The van der Waals surface area contributed by atoms with Crippen molar-refractivity contribution in [3.63, 3.8) is 0 Å². The van der Waals surface area contributed by atoms with Crippen LogP contribution in [0.4, 0.5) is 0 Å². The highest BCUT2D eigenvalue weighted by Gasteiger charge is 2.26. The standard InChI is InChI=1S/C7H7Br2NO4S2/c1-10(3-6(11)12)16(13,14)4-2-5(8)15-7(4)9/h2H,3H2,1H3,(H,11,12). The first kappa shape index (κ1) is 14.1. The van der Waals surface area contributed by atoms with Gasteiger partial charge in [-0.1, -0.05) is 0 Å². The van der Waals surface area contributed by atoms with Crippen molar-refractivity contribution in [3.8, 4) is 0 Å². The lowest BCUT2D eigenvalue weighted by Gasteiger charge is -2.13. The van der Waals surface area contributed by atoms with Crippen LogP contribution in [-0.2, 0) is 14.8 Å². The fourth-order valence-electron chi connectivity index (χ4n) is 0.944. The Morgan fingerprint density at radius 3 is 2.50 bits per heavy atom. The van der Waals surface area contributed by atoms with E-state index < -0.39 is 22.5 Å². The number of carboxylic acids is 1. The Kier molecular flexibility index (Phi) is 4.52. The molecule has 1 heterocycles. The summed E-state index contributed by atoms with van der Waals surface area (Å²) in [5, 5.41) is 8.54. The fourth-order valence-corrected chi connectivity index (χ4v) is 5.82. The fraction of sp³-hybridized carbons (Fsp3) is 0.286. The molecule has 90 valence electrons. The molecule has 0 atom stereocenters. The molecule has 16 heavy (non-hydrogen) atoms. The maximum atomic E-state index is 11.9. The van der Waals surface area contributed by atoms with Gasteiger partial charge in [-0.3, -0.25) is 4.79 Å². The van der Waals surface area contributed by atoms with Gasteiger partial charge < -0.3 is 5.11 Å². The second-order valence-corrected chi connectivity index (χ2v) is 8.61. The van der Waals surface area contributed by atoms with Crippen molar-refractivity contribution in [3.05, 3.63) is 13.6 Å². The molecule has 0 fully saturated rings. The molecular formula is C7H7Br2NO4S2. The van der Waals surface area contributed by atoms with Gasteiger partial charge in [0.15, 0.2) is 0 Å². The van der Waals surface area contributed by atoms with Gasteiger partial charge in [-0.05, 0) is 37.9 Å². The maximum absolute atomic E-state index is 11.9. The maximum Gasteiger partial charge on any atom is 0.318 e. The highest BCUT2D eigenvalue weighted by Crippen LogP contribution is 2.35. The lowest BCUT2D eigenvalue weighted by Crippen LogP contribution is -2.31. The van der Waals surface area contributed by atoms with Crippen molar-refractivity contribution in [2.75, 3.05) is 13.6 Å². The summed E-state index contributed by atoms with van der Waals surface area (Å²) in [6.07, 6.45) is 0. The number of carbonyl (C=O) groups is 1. The smallest absolute Gasteiger partial charge is 0.318 e. The summed E-state index contributed by atoms with van der Waals surface area (Å²) >= 11 is 7.50. The van der Waals surface area contributed by atoms with Crippen molar-refractivity contribution in [2.45, 2.75) is 4.90 Å². The number of carboxylic acid groups (broad SMARTS) is 1. The van der Waals surface area contributed by atoms with Crippen LogP contribution in [0.3, 0.4) is 0 Å². The molecule has 0 aliphatic rings. The number of thiophene rings is 1. The van der Waals surface area contributed by atoms with Crippen LogP contribution >= 0.6 is 43.2 Å². The lowest BCUT2D eigenvalue weighted by atomic mass is 10.7. The summed E-state index contributed by atoms with van der Waals surface area (Å²) in [6.45, 7) is -0.567. The van der Waals surface area contributed by atoms with E-state index in [0.717, 1.165) is 4.31 Å². The molecule has 0 aliphatic heterocycles. The average Bonchev–Trinajstić information content (AvgIpc) is 2.44. The van der Waals surface area contributed by atoms with Crippen molar-refractivity contribution in [1.82, 2.24) is 4.31 Å². The Hall–Kier alpha value is 0.0400. The van der Waals surface area contributed by atoms with Gasteiger partial charge in [-0.25, -0.2) is 8.42 Å². The van der Waals surface area contributed by atoms with Crippen molar-refractivity contribution in [2.24, 2.45) is 0 Å². The summed E-state index contributed by atoms with van der Waals surface area (Å²) in [4.78, 5) is 10.5. The Balaban J connectivity index is 3.11. The molecule has 1 aromatic rings. The molecule has 0 bridgehead atoms. The van der Waals surface area contributed by atoms with E-state index in [1.807, 2.05) is 0 Å². The van der Waals surface area contributed by atoms with Gasteiger partial charge in [0.2, 0.25) is 10.0 Å². The Morgan fingerprint density at radius 2 is 2.12 bits per heavy atom. The first-order valence-electron chi connectivity index (χ1n) is 3.88. The minimum Gasteiger partial charge on any atom is -0.480 e. The summed E-state index contributed by atoms with van der Waals surface area (Å²) in [5.41, 5.74) is 0. The number of likely N-dealkylation sites (N-methyl/N-ethyl adjacent to an activating group) is 1. The number of halogens is 2. The van der Waals surface area contributed by atoms with E-state index in [2.05, 4.69) is 31.9 Å². The van der Waals surface area contributed by atoms with Crippen LogP contribution in [0.15, 0.2) is 18.5 Å². The Labute approximate surface area is 113 Å². The predicted molar refractivity (Wildman–Crippen MR) is 67.2 cm³/mol. The molecule has 0 amide bonds. The molecule has 0 unspecified atom stereocenters. The Bertz CT molecular complexity index is 510. The zero-order chi connectivity index (χ0) is 12.5.